The third-order valence-electron chi connectivity index (χ3n) is 3.33. The number of hydrogen-bond acceptors (Lipinski definition) is 4. The van der Waals surface area contributed by atoms with Crippen LogP contribution in [0, 0.1) is 5.82 Å². The molecule has 2 heterocycles. The Morgan fingerprint density at radius 2 is 1.70 bits per heavy atom. The predicted octanol–water partition coefficient (Wildman–Crippen LogP) is 4.16. The molecular weight excluding hydrogens is 311 g/mol. The van der Waals surface area contributed by atoms with E-state index in [4.69, 9.17) is 0 Å². The maximum Gasteiger partial charge on any atom is 0.235 e. The van der Waals surface area contributed by atoms with Crippen molar-refractivity contribution in [3.05, 3.63) is 71.0 Å². The molecule has 0 amide bonds. The van der Waals surface area contributed by atoms with E-state index >= 15 is 0 Å². The van der Waals surface area contributed by atoms with Gasteiger partial charge in [-0.3, -0.25) is 0 Å². The van der Waals surface area contributed by atoms with E-state index in [0.29, 0.717) is 10.8 Å². The number of aromatic nitrogens is 4. The van der Waals surface area contributed by atoms with Gasteiger partial charge in [-0.25, -0.2) is 4.39 Å². The molecule has 112 valence electrons. The van der Waals surface area contributed by atoms with Gasteiger partial charge >= 0.3 is 0 Å². The lowest BCUT2D eigenvalue weighted by molar-refractivity contribution is 0.628. The first-order valence-corrected chi connectivity index (χ1v) is 7.82. The molecule has 0 atom stereocenters. The Hall–Kier alpha value is -2.86. The van der Waals surface area contributed by atoms with Crippen molar-refractivity contribution >= 4 is 28.4 Å². The molecule has 0 saturated heterocycles. The molecule has 0 aliphatic rings. The minimum Gasteiger partial charge on any atom is -0.207 e. The van der Waals surface area contributed by atoms with Crippen molar-refractivity contribution in [3.63, 3.8) is 0 Å². The molecule has 0 fully saturated rings. The summed E-state index contributed by atoms with van der Waals surface area (Å²) in [4.78, 5) is 0.706. The van der Waals surface area contributed by atoms with E-state index in [1.165, 1.54) is 23.5 Å². The number of rotatable bonds is 3. The second-order valence-electron chi connectivity index (χ2n) is 4.91. The summed E-state index contributed by atoms with van der Waals surface area (Å²) in [6, 6.07) is 16.2. The standard InChI is InChI=1S/C17H11FN4S/c18-14-9-7-13(8-10-14)16-19-20-17-22(16)21-15(23-17)11-6-12-4-2-1-3-5-12/h1-11H/b11-6-. The quantitative estimate of drug-likeness (QED) is 0.569. The van der Waals surface area contributed by atoms with Crippen LogP contribution in [-0.2, 0) is 0 Å². The van der Waals surface area contributed by atoms with Gasteiger partial charge in [0.15, 0.2) is 5.82 Å². The lowest BCUT2D eigenvalue weighted by Gasteiger charge is -1.96. The number of fused-ring (bicyclic) bond motifs is 1. The van der Waals surface area contributed by atoms with Crippen LogP contribution in [0.3, 0.4) is 0 Å². The van der Waals surface area contributed by atoms with Gasteiger partial charge in [-0.2, -0.15) is 9.61 Å². The van der Waals surface area contributed by atoms with Gasteiger partial charge in [0.05, 0.1) is 0 Å². The highest BCUT2D eigenvalue weighted by Gasteiger charge is 2.12. The summed E-state index contributed by atoms with van der Waals surface area (Å²) >= 11 is 1.45. The third kappa shape index (κ3) is 2.76. The van der Waals surface area contributed by atoms with Crippen molar-refractivity contribution in [2.24, 2.45) is 0 Å². The van der Waals surface area contributed by atoms with E-state index in [1.54, 1.807) is 16.6 Å². The lowest BCUT2D eigenvalue weighted by atomic mass is 10.2. The van der Waals surface area contributed by atoms with Crippen molar-refractivity contribution in [3.8, 4) is 11.4 Å². The molecule has 0 saturated carbocycles. The fourth-order valence-electron chi connectivity index (χ4n) is 2.21. The SMILES string of the molecule is Fc1ccc(-c2nnc3sc(/C=C\c4ccccc4)nn23)cc1. The Kier molecular flexibility index (Phi) is 3.44. The van der Waals surface area contributed by atoms with Crippen LogP contribution in [0.1, 0.15) is 10.6 Å². The van der Waals surface area contributed by atoms with E-state index in [-0.39, 0.29) is 5.82 Å². The Morgan fingerprint density at radius 3 is 2.48 bits per heavy atom. The lowest BCUT2D eigenvalue weighted by Crippen LogP contribution is -1.90. The van der Waals surface area contributed by atoms with Crippen molar-refractivity contribution in [2.45, 2.75) is 0 Å². The molecule has 4 rings (SSSR count). The zero-order valence-electron chi connectivity index (χ0n) is 11.9. The zero-order chi connectivity index (χ0) is 15.6. The molecule has 0 aliphatic carbocycles. The molecule has 0 N–H and O–H groups in total. The van der Waals surface area contributed by atoms with E-state index in [2.05, 4.69) is 15.3 Å². The molecule has 6 heteroatoms. The molecular formula is C17H11FN4S. The molecule has 0 bridgehead atoms. The van der Waals surface area contributed by atoms with E-state index in [9.17, 15) is 4.39 Å². The predicted molar refractivity (Wildman–Crippen MR) is 89.4 cm³/mol. The Bertz CT molecular complexity index is 971. The number of halogens is 1. The average Bonchev–Trinajstić information content (AvgIpc) is 3.15. The first kappa shape index (κ1) is 13.8. The molecule has 4 nitrogen and oxygen atoms in total. The Labute approximate surface area is 135 Å². The highest BCUT2D eigenvalue weighted by atomic mass is 32.1. The van der Waals surface area contributed by atoms with Crippen molar-refractivity contribution < 1.29 is 4.39 Å². The second kappa shape index (κ2) is 5.73. The van der Waals surface area contributed by atoms with Crippen LogP contribution in [0.25, 0.3) is 28.5 Å². The smallest absolute Gasteiger partial charge is 0.207 e. The van der Waals surface area contributed by atoms with Crippen molar-refractivity contribution in [1.82, 2.24) is 19.8 Å². The van der Waals surface area contributed by atoms with Gasteiger partial charge in [0.25, 0.3) is 0 Å². The zero-order valence-corrected chi connectivity index (χ0v) is 12.7. The van der Waals surface area contributed by atoms with Crippen LogP contribution in [0.2, 0.25) is 0 Å². The molecule has 2 aromatic heterocycles. The van der Waals surface area contributed by atoms with Crippen LogP contribution < -0.4 is 0 Å². The first-order chi connectivity index (χ1) is 11.3. The molecule has 0 spiro atoms. The van der Waals surface area contributed by atoms with Gasteiger partial charge in [0.2, 0.25) is 4.96 Å². The summed E-state index contributed by atoms with van der Waals surface area (Å²) in [5.74, 6) is 0.329. The molecule has 0 aliphatic heterocycles. The summed E-state index contributed by atoms with van der Waals surface area (Å²) in [5.41, 5.74) is 1.89. The largest absolute Gasteiger partial charge is 0.235 e. The van der Waals surface area contributed by atoms with Gasteiger partial charge in [0.1, 0.15) is 10.8 Å². The maximum absolute atomic E-state index is 13.0. The number of nitrogens with zero attached hydrogens (tertiary/aromatic N) is 4. The second-order valence-corrected chi connectivity index (χ2v) is 5.90. The topological polar surface area (TPSA) is 43.1 Å². The summed E-state index contributed by atoms with van der Waals surface area (Å²) in [5, 5.41) is 13.6. The first-order valence-electron chi connectivity index (χ1n) is 7.01. The van der Waals surface area contributed by atoms with Gasteiger partial charge < -0.3 is 0 Å². The van der Waals surface area contributed by atoms with E-state index in [0.717, 1.165) is 16.1 Å². The summed E-state index contributed by atoms with van der Waals surface area (Å²) in [7, 11) is 0. The van der Waals surface area contributed by atoms with E-state index < -0.39 is 0 Å². The minimum atomic E-state index is -0.278. The van der Waals surface area contributed by atoms with Crippen molar-refractivity contribution in [2.75, 3.05) is 0 Å². The summed E-state index contributed by atoms with van der Waals surface area (Å²) in [6.07, 6.45) is 3.95. The normalized spacial score (nSPS) is 11.5. The van der Waals surface area contributed by atoms with Crippen LogP contribution in [0.15, 0.2) is 54.6 Å². The minimum absolute atomic E-state index is 0.278. The Balaban J connectivity index is 1.69. The monoisotopic (exact) mass is 322 g/mol. The number of hydrogen-bond donors (Lipinski definition) is 0. The molecule has 0 unspecified atom stereocenters. The van der Waals surface area contributed by atoms with Crippen LogP contribution >= 0.6 is 11.3 Å². The van der Waals surface area contributed by atoms with Gasteiger partial charge in [-0.05, 0) is 35.9 Å². The summed E-state index contributed by atoms with van der Waals surface area (Å²) < 4.78 is 14.7. The van der Waals surface area contributed by atoms with Gasteiger partial charge in [-0.15, -0.1) is 10.2 Å². The summed E-state index contributed by atoms with van der Waals surface area (Å²) in [6.45, 7) is 0. The number of benzene rings is 2. The molecule has 2 aromatic carbocycles. The van der Waals surface area contributed by atoms with Gasteiger partial charge in [0, 0.05) is 5.56 Å². The highest BCUT2D eigenvalue weighted by Crippen LogP contribution is 2.22. The fraction of sp³-hybridized carbons (Fsp3) is 0. The van der Waals surface area contributed by atoms with Crippen LogP contribution in [0.4, 0.5) is 4.39 Å². The van der Waals surface area contributed by atoms with E-state index in [1.807, 2.05) is 42.5 Å². The van der Waals surface area contributed by atoms with Crippen molar-refractivity contribution in [1.29, 1.82) is 0 Å². The average molecular weight is 322 g/mol. The maximum atomic E-state index is 13.0. The van der Waals surface area contributed by atoms with Crippen LogP contribution in [0.5, 0.6) is 0 Å². The van der Waals surface area contributed by atoms with Gasteiger partial charge in [-0.1, -0.05) is 47.7 Å². The highest BCUT2D eigenvalue weighted by molar-refractivity contribution is 7.17. The molecule has 4 aromatic rings. The third-order valence-corrected chi connectivity index (χ3v) is 4.19. The molecule has 0 radical (unpaired) electrons. The fourth-order valence-corrected chi connectivity index (χ4v) is 2.95. The Morgan fingerprint density at radius 1 is 0.913 bits per heavy atom. The molecule has 23 heavy (non-hydrogen) atoms. The van der Waals surface area contributed by atoms with Crippen LogP contribution in [-0.4, -0.2) is 19.8 Å².